The van der Waals surface area contributed by atoms with E-state index < -0.39 is 17.9 Å². The summed E-state index contributed by atoms with van der Waals surface area (Å²) in [4.78, 5) is 23.0. The number of aromatic nitrogens is 5. The summed E-state index contributed by atoms with van der Waals surface area (Å²) in [5.74, 6) is 0.569. The second-order valence-electron chi connectivity index (χ2n) is 8.01. The second-order valence-corrected chi connectivity index (χ2v) is 8.01. The zero-order chi connectivity index (χ0) is 23.9. The van der Waals surface area contributed by atoms with Gasteiger partial charge in [0.15, 0.2) is 5.82 Å². The molecule has 176 valence electrons. The number of hydrogen-bond donors (Lipinski definition) is 0. The van der Waals surface area contributed by atoms with Gasteiger partial charge in [0, 0.05) is 31.5 Å². The molecule has 4 heterocycles. The smallest absolute Gasteiger partial charge is 0.380 e. The van der Waals surface area contributed by atoms with Crippen molar-refractivity contribution in [3.8, 4) is 5.69 Å². The van der Waals surface area contributed by atoms with E-state index in [1.807, 2.05) is 18.2 Å². The molecule has 8 nitrogen and oxygen atoms in total. The number of ether oxygens (including phenoxy) is 1. The quantitative estimate of drug-likeness (QED) is 0.442. The number of rotatable bonds is 5. The van der Waals surface area contributed by atoms with Crippen molar-refractivity contribution in [3.63, 3.8) is 0 Å². The summed E-state index contributed by atoms with van der Waals surface area (Å²) in [5.41, 5.74) is 0.415. The molecular formula is C23H21F3N6O2. The van der Waals surface area contributed by atoms with Gasteiger partial charge >= 0.3 is 6.18 Å². The Labute approximate surface area is 192 Å². The molecule has 1 aliphatic rings. The minimum atomic E-state index is -4.58. The minimum absolute atomic E-state index is 0.145. The van der Waals surface area contributed by atoms with E-state index >= 15 is 0 Å². The molecule has 0 spiro atoms. The lowest BCUT2D eigenvalue weighted by molar-refractivity contribution is -0.141. The van der Waals surface area contributed by atoms with Gasteiger partial charge in [-0.1, -0.05) is 18.2 Å². The van der Waals surface area contributed by atoms with Gasteiger partial charge in [0.1, 0.15) is 23.4 Å². The Morgan fingerprint density at radius 2 is 1.94 bits per heavy atom. The van der Waals surface area contributed by atoms with E-state index in [4.69, 9.17) is 9.84 Å². The summed E-state index contributed by atoms with van der Waals surface area (Å²) in [6, 6.07) is 11.3. The number of hydrogen-bond acceptors (Lipinski definition) is 6. The molecule has 1 saturated heterocycles. The van der Waals surface area contributed by atoms with Crippen LogP contribution in [0.4, 0.5) is 19.0 Å². The Hall–Kier alpha value is -3.73. The van der Waals surface area contributed by atoms with Gasteiger partial charge in [-0.25, -0.2) is 14.5 Å². The highest BCUT2D eigenvalue weighted by Crippen LogP contribution is 2.37. The molecule has 1 aliphatic heterocycles. The molecule has 3 aromatic heterocycles. The third kappa shape index (κ3) is 3.81. The molecule has 4 aromatic rings. The lowest BCUT2D eigenvalue weighted by atomic mass is 10.2. The van der Waals surface area contributed by atoms with Gasteiger partial charge in [-0.3, -0.25) is 9.36 Å². The predicted molar refractivity (Wildman–Crippen MR) is 118 cm³/mol. The second kappa shape index (κ2) is 8.56. The maximum Gasteiger partial charge on any atom is 0.433 e. The van der Waals surface area contributed by atoms with Crippen molar-refractivity contribution in [1.82, 2.24) is 24.1 Å². The Kier molecular flexibility index (Phi) is 5.56. The lowest BCUT2D eigenvalue weighted by Crippen LogP contribution is -2.33. The van der Waals surface area contributed by atoms with Gasteiger partial charge in [0.2, 0.25) is 0 Å². The number of para-hydroxylation sites is 1. The molecule has 5 rings (SSSR count). The summed E-state index contributed by atoms with van der Waals surface area (Å²) >= 11 is 0. The molecule has 0 radical (unpaired) electrons. The molecule has 0 aliphatic carbocycles. The van der Waals surface area contributed by atoms with Crippen LogP contribution in [0.25, 0.3) is 11.2 Å². The Balaban J connectivity index is 1.69. The van der Waals surface area contributed by atoms with Crippen LogP contribution >= 0.6 is 0 Å². The fourth-order valence-electron chi connectivity index (χ4n) is 4.43. The van der Waals surface area contributed by atoms with Crippen molar-refractivity contribution in [1.29, 1.82) is 0 Å². The van der Waals surface area contributed by atoms with Crippen molar-refractivity contribution in [2.45, 2.75) is 31.7 Å². The largest absolute Gasteiger partial charge is 0.433 e. The molecule has 0 saturated carbocycles. The third-order valence-corrected chi connectivity index (χ3v) is 5.90. The fraction of sp³-hybridized carbons (Fsp3) is 0.304. The van der Waals surface area contributed by atoms with E-state index in [0.29, 0.717) is 42.0 Å². The van der Waals surface area contributed by atoms with Gasteiger partial charge < -0.3 is 9.64 Å². The zero-order valence-corrected chi connectivity index (χ0v) is 18.2. The van der Waals surface area contributed by atoms with E-state index in [-0.39, 0.29) is 18.0 Å². The third-order valence-electron chi connectivity index (χ3n) is 5.90. The molecule has 1 aromatic carbocycles. The molecule has 0 amide bonds. The van der Waals surface area contributed by atoms with Crippen LogP contribution in [0.1, 0.15) is 36.0 Å². The lowest BCUT2D eigenvalue weighted by Gasteiger charge is -2.27. The summed E-state index contributed by atoms with van der Waals surface area (Å²) < 4.78 is 48.1. The zero-order valence-electron chi connectivity index (χ0n) is 18.2. The number of nitrogens with zero attached hydrogens (tertiary/aromatic N) is 6. The van der Waals surface area contributed by atoms with Crippen LogP contribution in [-0.4, -0.2) is 37.8 Å². The highest BCUT2D eigenvalue weighted by molar-refractivity contribution is 5.55. The highest BCUT2D eigenvalue weighted by atomic mass is 19.4. The summed E-state index contributed by atoms with van der Waals surface area (Å²) in [6.07, 6.45) is -0.673. The summed E-state index contributed by atoms with van der Waals surface area (Å²) in [6.45, 7) is 0.723. The van der Waals surface area contributed by atoms with Gasteiger partial charge in [-0.15, -0.1) is 0 Å². The first-order chi connectivity index (χ1) is 16.4. The van der Waals surface area contributed by atoms with Crippen LogP contribution in [0, 0.1) is 0 Å². The van der Waals surface area contributed by atoms with E-state index in [1.165, 1.54) is 9.08 Å². The van der Waals surface area contributed by atoms with Crippen molar-refractivity contribution < 1.29 is 17.9 Å². The molecule has 0 bridgehead atoms. The van der Waals surface area contributed by atoms with Crippen LogP contribution in [-0.2, 0) is 17.5 Å². The van der Waals surface area contributed by atoms with Gasteiger partial charge in [0.25, 0.3) is 5.56 Å². The molecule has 34 heavy (non-hydrogen) atoms. The van der Waals surface area contributed by atoms with E-state index in [0.717, 1.165) is 12.4 Å². The number of benzene rings is 1. The van der Waals surface area contributed by atoms with Crippen LogP contribution < -0.4 is 10.5 Å². The van der Waals surface area contributed by atoms with Crippen LogP contribution in [0.15, 0.2) is 59.8 Å². The molecule has 0 unspecified atom stereocenters. The topological polar surface area (TPSA) is 77.6 Å². The summed E-state index contributed by atoms with van der Waals surface area (Å²) in [5, 5.41) is 4.76. The van der Waals surface area contributed by atoms with E-state index in [1.54, 1.807) is 36.4 Å². The van der Waals surface area contributed by atoms with Crippen molar-refractivity contribution in [2.24, 2.45) is 0 Å². The standard InChI is InChI=1S/C23H21F3N6O2/c1-34-13-15-9-11-31-20(15)22(33)32(16-6-3-2-4-7-16)21(29-31)17-8-5-10-30(17)19-12-18(23(24,25)26)27-14-28-19/h2-4,6-7,9,11-12,14,17H,5,8,10,13H2,1H3/t17-/m0/s1. The van der Waals surface area contributed by atoms with Crippen molar-refractivity contribution in [2.75, 3.05) is 18.6 Å². The number of halogens is 3. The molecular weight excluding hydrogens is 449 g/mol. The van der Waals surface area contributed by atoms with Gasteiger partial charge in [-0.2, -0.15) is 18.3 Å². The Bertz CT molecular complexity index is 1380. The van der Waals surface area contributed by atoms with E-state index in [2.05, 4.69) is 9.97 Å². The number of anilines is 1. The highest BCUT2D eigenvalue weighted by Gasteiger charge is 2.36. The predicted octanol–water partition coefficient (Wildman–Crippen LogP) is 3.78. The normalized spacial score (nSPS) is 16.5. The van der Waals surface area contributed by atoms with Crippen LogP contribution in [0.3, 0.4) is 0 Å². The summed E-state index contributed by atoms with van der Waals surface area (Å²) in [7, 11) is 1.55. The average Bonchev–Trinajstić information content (AvgIpc) is 3.47. The minimum Gasteiger partial charge on any atom is -0.380 e. The van der Waals surface area contributed by atoms with E-state index in [9.17, 15) is 18.0 Å². The number of methoxy groups -OCH3 is 1. The number of fused-ring (bicyclic) bond motifs is 1. The van der Waals surface area contributed by atoms with Crippen molar-refractivity contribution >= 4 is 11.3 Å². The Morgan fingerprint density at radius 3 is 2.68 bits per heavy atom. The molecule has 0 N–H and O–H groups in total. The molecule has 1 fully saturated rings. The molecule has 1 atom stereocenters. The Morgan fingerprint density at radius 1 is 1.15 bits per heavy atom. The van der Waals surface area contributed by atoms with Crippen LogP contribution in [0.5, 0.6) is 0 Å². The first-order valence-corrected chi connectivity index (χ1v) is 10.7. The van der Waals surface area contributed by atoms with Crippen molar-refractivity contribution in [3.05, 3.63) is 82.4 Å². The fourth-order valence-corrected chi connectivity index (χ4v) is 4.43. The maximum absolute atomic E-state index is 13.7. The first-order valence-electron chi connectivity index (χ1n) is 10.7. The van der Waals surface area contributed by atoms with Gasteiger partial charge in [0.05, 0.1) is 18.3 Å². The number of alkyl halides is 3. The average molecular weight is 470 g/mol. The maximum atomic E-state index is 13.7. The van der Waals surface area contributed by atoms with Gasteiger partial charge in [-0.05, 0) is 31.0 Å². The molecule has 11 heteroatoms. The van der Waals surface area contributed by atoms with Crippen LogP contribution in [0.2, 0.25) is 0 Å². The monoisotopic (exact) mass is 470 g/mol. The SMILES string of the molecule is COCc1ccn2nc([C@@H]3CCCN3c3cc(C(F)(F)F)ncn3)n(-c3ccccc3)c(=O)c12. The first kappa shape index (κ1) is 22.1.